The van der Waals surface area contributed by atoms with E-state index in [9.17, 15) is 9.59 Å². The Hall–Kier alpha value is -2.35. The number of hydrogen-bond acceptors (Lipinski definition) is 4. The second kappa shape index (κ2) is 7.77. The summed E-state index contributed by atoms with van der Waals surface area (Å²) in [4.78, 5) is 24.2. The van der Waals surface area contributed by atoms with Crippen LogP contribution in [0.15, 0.2) is 24.3 Å². The second-order valence-electron chi connectivity index (χ2n) is 6.11. The summed E-state index contributed by atoms with van der Waals surface area (Å²) in [6, 6.07) is 8.28. The van der Waals surface area contributed by atoms with Crippen molar-refractivity contribution in [3.8, 4) is 6.07 Å². The molecule has 0 spiro atoms. The Morgan fingerprint density at radius 2 is 1.91 bits per heavy atom. The molecule has 1 aromatic carbocycles. The van der Waals surface area contributed by atoms with E-state index < -0.39 is 12.1 Å². The van der Waals surface area contributed by atoms with Crippen molar-refractivity contribution in [2.45, 2.75) is 51.7 Å². The summed E-state index contributed by atoms with van der Waals surface area (Å²) in [7, 11) is 0. The molecule has 1 amide bonds. The van der Waals surface area contributed by atoms with Crippen LogP contribution in [0.4, 0.5) is 0 Å². The first-order valence-electron chi connectivity index (χ1n) is 8.02. The smallest absolute Gasteiger partial charge is 0.338 e. The van der Waals surface area contributed by atoms with Crippen molar-refractivity contribution in [1.29, 1.82) is 5.26 Å². The molecule has 0 unspecified atom stereocenters. The van der Waals surface area contributed by atoms with Crippen LogP contribution in [0.5, 0.6) is 0 Å². The number of esters is 1. The predicted molar refractivity (Wildman–Crippen MR) is 85.6 cm³/mol. The molecule has 5 nitrogen and oxygen atoms in total. The van der Waals surface area contributed by atoms with Crippen LogP contribution in [-0.4, -0.2) is 24.0 Å². The number of ether oxygens (including phenoxy) is 1. The molecule has 0 bridgehead atoms. The van der Waals surface area contributed by atoms with Gasteiger partial charge >= 0.3 is 5.97 Å². The highest BCUT2D eigenvalue weighted by molar-refractivity contribution is 5.92. The number of nitrogens with zero attached hydrogens (tertiary/aromatic N) is 1. The van der Waals surface area contributed by atoms with Gasteiger partial charge in [-0.05, 0) is 49.9 Å². The van der Waals surface area contributed by atoms with Gasteiger partial charge in [-0.15, -0.1) is 0 Å². The molecule has 1 saturated carbocycles. The minimum atomic E-state index is -0.840. The predicted octanol–water partition coefficient (Wildman–Crippen LogP) is 2.80. The first-order valence-corrected chi connectivity index (χ1v) is 8.02. The maximum atomic E-state index is 12.2. The topological polar surface area (TPSA) is 79.2 Å². The molecule has 2 rings (SSSR count). The molecule has 0 heterocycles. The molecule has 0 saturated heterocycles. The lowest BCUT2D eigenvalue weighted by molar-refractivity contribution is -0.130. The summed E-state index contributed by atoms with van der Waals surface area (Å²) in [6.07, 6.45) is 3.58. The molecule has 1 fully saturated rings. The Labute approximate surface area is 136 Å². The standard InChI is InChI=1S/C18H22N2O3/c1-12-5-3-4-6-16(12)20-17(21)13(2)23-18(22)15-9-7-14(11-19)8-10-15/h7-10,12-13,16H,3-6H2,1-2H3,(H,20,21)/t12-,13+,16+/m0/s1. The van der Waals surface area contributed by atoms with Gasteiger partial charge in [0.1, 0.15) is 0 Å². The minimum Gasteiger partial charge on any atom is -0.449 e. The fourth-order valence-corrected chi connectivity index (χ4v) is 2.79. The van der Waals surface area contributed by atoms with E-state index in [4.69, 9.17) is 10.00 Å². The number of carbonyl (C=O) groups excluding carboxylic acids is 2. The van der Waals surface area contributed by atoms with Crippen LogP contribution >= 0.6 is 0 Å². The summed E-state index contributed by atoms with van der Waals surface area (Å²) >= 11 is 0. The summed E-state index contributed by atoms with van der Waals surface area (Å²) in [5, 5.41) is 11.7. The Morgan fingerprint density at radius 3 is 2.52 bits per heavy atom. The van der Waals surface area contributed by atoms with Crippen LogP contribution in [0.25, 0.3) is 0 Å². The van der Waals surface area contributed by atoms with Gasteiger partial charge in [0.15, 0.2) is 6.10 Å². The normalized spacial score (nSPS) is 21.8. The van der Waals surface area contributed by atoms with Gasteiger partial charge in [-0.3, -0.25) is 4.79 Å². The highest BCUT2D eigenvalue weighted by atomic mass is 16.5. The van der Waals surface area contributed by atoms with Crippen molar-refractivity contribution in [3.05, 3.63) is 35.4 Å². The number of rotatable bonds is 4. The van der Waals surface area contributed by atoms with Crippen molar-refractivity contribution in [1.82, 2.24) is 5.32 Å². The fraction of sp³-hybridized carbons (Fsp3) is 0.500. The van der Waals surface area contributed by atoms with E-state index >= 15 is 0 Å². The molecule has 1 aliphatic rings. The summed E-state index contributed by atoms with van der Waals surface area (Å²) in [5.74, 6) is -0.367. The zero-order chi connectivity index (χ0) is 16.8. The monoisotopic (exact) mass is 314 g/mol. The molecule has 0 radical (unpaired) electrons. The summed E-state index contributed by atoms with van der Waals surface area (Å²) < 4.78 is 5.21. The van der Waals surface area contributed by atoms with Gasteiger partial charge in [0.05, 0.1) is 17.2 Å². The minimum absolute atomic E-state index is 0.160. The highest BCUT2D eigenvalue weighted by Crippen LogP contribution is 2.23. The molecule has 1 aliphatic carbocycles. The van der Waals surface area contributed by atoms with Crippen LogP contribution in [0.1, 0.15) is 55.5 Å². The number of nitriles is 1. The lowest BCUT2D eigenvalue weighted by Gasteiger charge is -2.30. The van der Waals surface area contributed by atoms with Gasteiger partial charge in [-0.25, -0.2) is 4.79 Å². The zero-order valence-corrected chi connectivity index (χ0v) is 13.5. The SMILES string of the molecule is C[C@@H](OC(=O)c1ccc(C#N)cc1)C(=O)N[C@@H]1CCCC[C@@H]1C. The molecular formula is C18H22N2O3. The molecule has 1 aromatic rings. The van der Waals surface area contributed by atoms with Gasteiger partial charge in [0.25, 0.3) is 5.91 Å². The largest absolute Gasteiger partial charge is 0.449 e. The summed E-state index contributed by atoms with van der Waals surface area (Å²) in [5.41, 5.74) is 0.799. The van der Waals surface area contributed by atoms with Gasteiger partial charge in [0.2, 0.25) is 0 Å². The van der Waals surface area contributed by atoms with Crippen molar-refractivity contribution >= 4 is 11.9 Å². The van der Waals surface area contributed by atoms with E-state index in [0.29, 0.717) is 17.0 Å². The molecule has 122 valence electrons. The van der Waals surface area contributed by atoms with Crippen molar-refractivity contribution in [2.24, 2.45) is 5.92 Å². The molecular weight excluding hydrogens is 292 g/mol. The second-order valence-corrected chi connectivity index (χ2v) is 6.11. The lowest BCUT2D eigenvalue weighted by Crippen LogP contribution is -2.45. The average molecular weight is 314 g/mol. The van der Waals surface area contributed by atoms with Crippen LogP contribution in [0, 0.1) is 17.2 Å². The first kappa shape index (κ1) is 17.0. The lowest BCUT2D eigenvalue weighted by atomic mass is 9.86. The van der Waals surface area contributed by atoms with Crippen LogP contribution in [-0.2, 0) is 9.53 Å². The molecule has 0 aliphatic heterocycles. The van der Waals surface area contributed by atoms with Crippen LogP contribution < -0.4 is 5.32 Å². The van der Waals surface area contributed by atoms with E-state index in [1.165, 1.54) is 18.6 Å². The van der Waals surface area contributed by atoms with Gasteiger partial charge < -0.3 is 10.1 Å². The number of amides is 1. The highest BCUT2D eigenvalue weighted by Gasteiger charge is 2.26. The quantitative estimate of drug-likeness (QED) is 0.867. The van der Waals surface area contributed by atoms with E-state index in [1.54, 1.807) is 19.1 Å². The molecule has 0 aromatic heterocycles. The van der Waals surface area contributed by atoms with Crippen LogP contribution in [0.2, 0.25) is 0 Å². The Kier molecular flexibility index (Phi) is 5.75. The third kappa shape index (κ3) is 4.56. The van der Waals surface area contributed by atoms with Gasteiger partial charge in [-0.2, -0.15) is 5.26 Å². The average Bonchev–Trinajstić information content (AvgIpc) is 2.56. The van der Waals surface area contributed by atoms with Crippen molar-refractivity contribution in [3.63, 3.8) is 0 Å². The van der Waals surface area contributed by atoms with E-state index in [2.05, 4.69) is 12.2 Å². The Balaban J connectivity index is 1.89. The first-order chi connectivity index (χ1) is 11.0. The van der Waals surface area contributed by atoms with E-state index in [-0.39, 0.29) is 11.9 Å². The van der Waals surface area contributed by atoms with Gasteiger partial charge in [0, 0.05) is 6.04 Å². The number of carbonyl (C=O) groups is 2. The van der Waals surface area contributed by atoms with Crippen LogP contribution in [0.3, 0.4) is 0 Å². The number of hydrogen-bond donors (Lipinski definition) is 1. The third-order valence-electron chi connectivity index (χ3n) is 4.34. The van der Waals surface area contributed by atoms with Crippen molar-refractivity contribution in [2.75, 3.05) is 0 Å². The van der Waals surface area contributed by atoms with E-state index in [1.807, 2.05) is 6.07 Å². The van der Waals surface area contributed by atoms with Gasteiger partial charge in [-0.1, -0.05) is 19.8 Å². The molecule has 5 heteroatoms. The maximum Gasteiger partial charge on any atom is 0.338 e. The van der Waals surface area contributed by atoms with E-state index in [0.717, 1.165) is 19.3 Å². The molecule has 1 N–H and O–H groups in total. The third-order valence-corrected chi connectivity index (χ3v) is 4.34. The molecule has 23 heavy (non-hydrogen) atoms. The Morgan fingerprint density at radius 1 is 1.26 bits per heavy atom. The number of benzene rings is 1. The Bertz CT molecular complexity index is 604. The summed E-state index contributed by atoms with van der Waals surface area (Å²) in [6.45, 7) is 3.71. The number of nitrogens with one attached hydrogen (secondary N) is 1. The zero-order valence-electron chi connectivity index (χ0n) is 13.5. The molecule has 3 atom stereocenters. The fourth-order valence-electron chi connectivity index (χ4n) is 2.79. The maximum absolute atomic E-state index is 12.2. The van der Waals surface area contributed by atoms with Crippen molar-refractivity contribution < 1.29 is 14.3 Å².